The third-order valence-electron chi connectivity index (χ3n) is 2.75. The van der Waals surface area contributed by atoms with Gasteiger partial charge in [0.2, 0.25) is 0 Å². The Bertz CT molecular complexity index is 450. The third kappa shape index (κ3) is 4.66. The minimum Gasteiger partial charge on any atom is -0.493 e. The number of sulfone groups is 1. The van der Waals surface area contributed by atoms with Crippen LogP contribution < -0.4 is 4.74 Å². The average molecular weight is 272 g/mol. The number of ether oxygens (including phenoxy) is 1. The van der Waals surface area contributed by atoms with Gasteiger partial charge in [-0.2, -0.15) is 0 Å². The Labute approximate surface area is 109 Å². The van der Waals surface area contributed by atoms with Crippen molar-refractivity contribution >= 4 is 9.84 Å². The first kappa shape index (κ1) is 15.0. The maximum absolute atomic E-state index is 11.3. The summed E-state index contributed by atoms with van der Waals surface area (Å²) < 4.78 is 27.9. The first-order valence-electron chi connectivity index (χ1n) is 6.09. The molecule has 0 aliphatic heterocycles. The summed E-state index contributed by atoms with van der Waals surface area (Å²) in [5.74, 6) is 0.786. The van der Waals surface area contributed by atoms with Crippen LogP contribution in [-0.4, -0.2) is 31.6 Å². The zero-order valence-corrected chi connectivity index (χ0v) is 11.6. The Morgan fingerprint density at radius 1 is 1.22 bits per heavy atom. The van der Waals surface area contributed by atoms with E-state index in [0.717, 1.165) is 5.56 Å². The highest BCUT2D eigenvalue weighted by Gasteiger charge is 2.08. The molecule has 0 aromatic heterocycles. The molecule has 102 valence electrons. The molecule has 5 heteroatoms. The number of aliphatic hydroxyl groups excluding tert-OH is 1. The molecular weight excluding hydrogens is 252 g/mol. The smallest absolute Gasteiger partial charge is 0.153 e. The van der Waals surface area contributed by atoms with Gasteiger partial charge in [0.25, 0.3) is 0 Å². The van der Waals surface area contributed by atoms with Gasteiger partial charge in [-0.1, -0.05) is 26.0 Å². The summed E-state index contributed by atoms with van der Waals surface area (Å²) in [4.78, 5) is 0. The van der Waals surface area contributed by atoms with Gasteiger partial charge in [-0.3, -0.25) is 0 Å². The number of aliphatic hydroxyl groups is 1. The Morgan fingerprint density at radius 2 is 1.83 bits per heavy atom. The first-order valence-corrected chi connectivity index (χ1v) is 7.92. The number of rotatable bonds is 7. The molecule has 0 saturated carbocycles. The lowest BCUT2D eigenvalue weighted by Gasteiger charge is -2.10. The van der Waals surface area contributed by atoms with Crippen LogP contribution in [0.15, 0.2) is 24.3 Å². The number of hydrogen-bond acceptors (Lipinski definition) is 4. The molecule has 1 aromatic rings. The van der Waals surface area contributed by atoms with Crippen LogP contribution in [0, 0.1) is 0 Å². The van der Waals surface area contributed by atoms with Gasteiger partial charge in [-0.05, 0) is 24.1 Å². The molecule has 1 N–H and O–H groups in total. The summed E-state index contributed by atoms with van der Waals surface area (Å²) in [7, 11) is -2.98. The van der Waals surface area contributed by atoms with E-state index in [1.165, 1.54) is 0 Å². The van der Waals surface area contributed by atoms with E-state index in [0.29, 0.717) is 12.2 Å². The van der Waals surface area contributed by atoms with Crippen LogP contribution in [0.5, 0.6) is 5.75 Å². The maximum Gasteiger partial charge on any atom is 0.153 e. The highest BCUT2D eigenvalue weighted by atomic mass is 32.2. The van der Waals surface area contributed by atoms with Gasteiger partial charge < -0.3 is 9.84 Å². The van der Waals surface area contributed by atoms with Crippen molar-refractivity contribution in [3.8, 4) is 5.75 Å². The molecule has 0 spiro atoms. The predicted octanol–water partition coefficient (Wildman–Crippen LogP) is 1.94. The lowest BCUT2D eigenvalue weighted by atomic mass is 10.1. The Kier molecular flexibility index (Phi) is 5.62. The lowest BCUT2D eigenvalue weighted by Crippen LogP contribution is -2.15. The molecule has 0 radical (unpaired) electrons. The molecule has 0 unspecified atom stereocenters. The van der Waals surface area contributed by atoms with Crippen LogP contribution >= 0.6 is 0 Å². The van der Waals surface area contributed by atoms with Crippen LogP contribution in [0.3, 0.4) is 0 Å². The van der Waals surface area contributed by atoms with E-state index in [1.54, 1.807) is 31.2 Å². The van der Waals surface area contributed by atoms with E-state index in [9.17, 15) is 13.5 Å². The minimum absolute atomic E-state index is 0.0306. The quantitative estimate of drug-likeness (QED) is 0.824. The Balaban J connectivity index is 2.50. The standard InChI is InChI=1S/C13H20O4S/c1-3-13(14)11-5-7-12(8-6-11)17-9-10-18(15,16)4-2/h5-8,13-14H,3-4,9-10H2,1-2H3/t13-/m0/s1. The van der Waals surface area contributed by atoms with Gasteiger partial charge in [0, 0.05) is 5.75 Å². The molecule has 0 aliphatic carbocycles. The van der Waals surface area contributed by atoms with Crippen LogP contribution in [0.4, 0.5) is 0 Å². The average Bonchev–Trinajstić information content (AvgIpc) is 2.38. The summed E-state index contributed by atoms with van der Waals surface area (Å²) in [6.45, 7) is 3.69. The van der Waals surface area contributed by atoms with Crippen molar-refractivity contribution in [1.82, 2.24) is 0 Å². The van der Waals surface area contributed by atoms with E-state index in [2.05, 4.69) is 0 Å². The van der Waals surface area contributed by atoms with Gasteiger partial charge in [0.15, 0.2) is 9.84 Å². The van der Waals surface area contributed by atoms with E-state index in [-0.39, 0.29) is 18.1 Å². The van der Waals surface area contributed by atoms with Gasteiger partial charge >= 0.3 is 0 Å². The highest BCUT2D eigenvalue weighted by molar-refractivity contribution is 7.91. The second kappa shape index (κ2) is 6.75. The van der Waals surface area contributed by atoms with E-state index < -0.39 is 15.9 Å². The van der Waals surface area contributed by atoms with Crippen molar-refractivity contribution in [3.05, 3.63) is 29.8 Å². The fourth-order valence-corrected chi connectivity index (χ4v) is 2.08. The lowest BCUT2D eigenvalue weighted by molar-refractivity contribution is 0.173. The molecule has 0 heterocycles. The van der Waals surface area contributed by atoms with Crippen molar-refractivity contribution in [3.63, 3.8) is 0 Å². The summed E-state index contributed by atoms with van der Waals surface area (Å²) in [6.07, 6.45) is 0.203. The topological polar surface area (TPSA) is 63.6 Å². The van der Waals surface area contributed by atoms with Crippen LogP contribution in [0.1, 0.15) is 31.9 Å². The fraction of sp³-hybridized carbons (Fsp3) is 0.538. The number of hydrogen-bond donors (Lipinski definition) is 1. The third-order valence-corrected chi connectivity index (χ3v) is 4.42. The minimum atomic E-state index is -2.98. The molecule has 1 atom stereocenters. The normalized spacial score (nSPS) is 13.3. The second-order valence-corrected chi connectivity index (χ2v) is 6.55. The van der Waals surface area contributed by atoms with Crippen molar-refractivity contribution in [1.29, 1.82) is 0 Å². The summed E-state index contributed by atoms with van der Waals surface area (Å²) in [6, 6.07) is 7.06. The molecule has 18 heavy (non-hydrogen) atoms. The molecule has 0 saturated heterocycles. The number of benzene rings is 1. The highest BCUT2D eigenvalue weighted by Crippen LogP contribution is 2.19. The molecule has 0 amide bonds. The zero-order valence-electron chi connectivity index (χ0n) is 10.8. The molecule has 4 nitrogen and oxygen atoms in total. The zero-order chi connectivity index (χ0) is 13.6. The fourth-order valence-electron chi connectivity index (χ4n) is 1.45. The van der Waals surface area contributed by atoms with Crippen LogP contribution in [-0.2, 0) is 9.84 Å². The summed E-state index contributed by atoms with van der Waals surface area (Å²) in [5.41, 5.74) is 0.839. The van der Waals surface area contributed by atoms with E-state index >= 15 is 0 Å². The monoisotopic (exact) mass is 272 g/mol. The largest absolute Gasteiger partial charge is 0.493 e. The molecule has 1 aromatic carbocycles. The summed E-state index contributed by atoms with van der Waals surface area (Å²) >= 11 is 0. The first-order chi connectivity index (χ1) is 8.48. The van der Waals surface area contributed by atoms with E-state index in [4.69, 9.17) is 4.74 Å². The SMILES string of the molecule is CC[C@H](O)c1ccc(OCCS(=O)(=O)CC)cc1. The predicted molar refractivity (Wildman–Crippen MR) is 71.5 cm³/mol. The van der Waals surface area contributed by atoms with Gasteiger partial charge in [0.05, 0.1) is 11.9 Å². The molecule has 0 aliphatic rings. The van der Waals surface area contributed by atoms with Gasteiger partial charge in [-0.15, -0.1) is 0 Å². The van der Waals surface area contributed by atoms with Crippen molar-refractivity contribution in [2.45, 2.75) is 26.4 Å². The van der Waals surface area contributed by atoms with Crippen LogP contribution in [0.2, 0.25) is 0 Å². The molecule has 1 rings (SSSR count). The van der Waals surface area contributed by atoms with Gasteiger partial charge in [-0.25, -0.2) is 8.42 Å². The molecular formula is C13H20O4S. The summed E-state index contributed by atoms with van der Waals surface area (Å²) in [5, 5.41) is 9.61. The van der Waals surface area contributed by atoms with Crippen molar-refractivity contribution in [2.24, 2.45) is 0 Å². The maximum atomic E-state index is 11.3. The Morgan fingerprint density at radius 3 is 2.33 bits per heavy atom. The molecule has 0 fully saturated rings. The van der Waals surface area contributed by atoms with Crippen molar-refractivity contribution < 1.29 is 18.3 Å². The van der Waals surface area contributed by atoms with Gasteiger partial charge in [0.1, 0.15) is 12.4 Å². The van der Waals surface area contributed by atoms with Crippen molar-refractivity contribution in [2.75, 3.05) is 18.1 Å². The second-order valence-electron chi connectivity index (χ2n) is 4.08. The Hall–Kier alpha value is -1.07. The molecule has 0 bridgehead atoms. The van der Waals surface area contributed by atoms with Crippen LogP contribution in [0.25, 0.3) is 0 Å². The van der Waals surface area contributed by atoms with E-state index in [1.807, 2.05) is 6.92 Å².